The van der Waals surface area contributed by atoms with Crippen LogP contribution in [-0.4, -0.2) is 12.2 Å². The summed E-state index contributed by atoms with van der Waals surface area (Å²) in [6, 6.07) is 0. The van der Waals surface area contributed by atoms with Crippen molar-refractivity contribution in [3.63, 3.8) is 0 Å². The highest BCUT2D eigenvalue weighted by atomic mass is 19.3. The standard InChI is InChI=1S/C10H16F2O/c1-8(2)5-9(7-13)3-4-10(11,12)6-9/h7-8H,3-6H2,1-2H3. The first-order valence-corrected chi connectivity index (χ1v) is 4.73. The van der Waals surface area contributed by atoms with Crippen molar-refractivity contribution >= 4 is 6.29 Å². The van der Waals surface area contributed by atoms with Gasteiger partial charge in [-0.2, -0.15) is 0 Å². The first-order valence-electron chi connectivity index (χ1n) is 4.73. The second kappa shape index (κ2) is 3.35. The van der Waals surface area contributed by atoms with Crippen molar-refractivity contribution in [3.05, 3.63) is 0 Å². The molecule has 0 aromatic heterocycles. The van der Waals surface area contributed by atoms with Gasteiger partial charge in [0.1, 0.15) is 6.29 Å². The van der Waals surface area contributed by atoms with Crippen molar-refractivity contribution in [2.45, 2.75) is 45.5 Å². The van der Waals surface area contributed by atoms with Gasteiger partial charge in [0, 0.05) is 18.3 Å². The Bertz CT molecular complexity index is 201. The number of rotatable bonds is 3. The summed E-state index contributed by atoms with van der Waals surface area (Å²) < 4.78 is 25.8. The molecule has 0 N–H and O–H groups in total. The normalized spacial score (nSPS) is 32.4. The summed E-state index contributed by atoms with van der Waals surface area (Å²) in [7, 11) is 0. The average molecular weight is 190 g/mol. The van der Waals surface area contributed by atoms with Crippen LogP contribution in [-0.2, 0) is 4.79 Å². The summed E-state index contributed by atoms with van der Waals surface area (Å²) >= 11 is 0. The summed E-state index contributed by atoms with van der Waals surface area (Å²) in [4.78, 5) is 10.8. The number of alkyl halides is 2. The minimum Gasteiger partial charge on any atom is -0.303 e. The van der Waals surface area contributed by atoms with Gasteiger partial charge in [0.2, 0.25) is 5.92 Å². The quantitative estimate of drug-likeness (QED) is 0.625. The largest absolute Gasteiger partial charge is 0.303 e. The Morgan fingerprint density at radius 3 is 2.31 bits per heavy atom. The molecule has 0 radical (unpaired) electrons. The van der Waals surface area contributed by atoms with Crippen LogP contribution >= 0.6 is 0 Å². The molecule has 76 valence electrons. The molecule has 0 saturated heterocycles. The second-order valence-electron chi connectivity index (χ2n) is 4.61. The molecule has 1 unspecified atom stereocenters. The van der Waals surface area contributed by atoms with E-state index < -0.39 is 11.3 Å². The maximum absolute atomic E-state index is 12.9. The highest BCUT2D eigenvalue weighted by Crippen LogP contribution is 2.49. The molecule has 1 fully saturated rings. The van der Waals surface area contributed by atoms with Gasteiger partial charge in [0.05, 0.1) is 0 Å². The van der Waals surface area contributed by atoms with E-state index >= 15 is 0 Å². The minimum atomic E-state index is -2.62. The van der Waals surface area contributed by atoms with Gasteiger partial charge in [-0.1, -0.05) is 13.8 Å². The highest BCUT2D eigenvalue weighted by molar-refractivity contribution is 5.60. The average Bonchev–Trinajstić information content (AvgIpc) is 2.26. The Hall–Kier alpha value is -0.470. The number of halogens is 2. The highest BCUT2D eigenvalue weighted by Gasteiger charge is 2.49. The molecule has 1 aliphatic carbocycles. The zero-order valence-electron chi connectivity index (χ0n) is 8.15. The van der Waals surface area contributed by atoms with Crippen molar-refractivity contribution in [2.75, 3.05) is 0 Å². The smallest absolute Gasteiger partial charge is 0.249 e. The Balaban J connectivity index is 2.68. The molecule has 0 aromatic carbocycles. The SMILES string of the molecule is CC(C)CC1(C=O)CCC(F)(F)C1. The van der Waals surface area contributed by atoms with Crippen molar-refractivity contribution in [3.8, 4) is 0 Å². The predicted octanol–water partition coefficient (Wildman–Crippen LogP) is 3.04. The summed E-state index contributed by atoms with van der Waals surface area (Å²) in [5, 5.41) is 0. The fraction of sp³-hybridized carbons (Fsp3) is 0.900. The topological polar surface area (TPSA) is 17.1 Å². The Morgan fingerprint density at radius 2 is 2.00 bits per heavy atom. The van der Waals surface area contributed by atoms with Crippen LogP contribution in [0.15, 0.2) is 0 Å². The van der Waals surface area contributed by atoms with Crippen LogP contribution in [0.3, 0.4) is 0 Å². The molecule has 1 atom stereocenters. The van der Waals surface area contributed by atoms with E-state index in [-0.39, 0.29) is 12.8 Å². The fourth-order valence-electron chi connectivity index (χ4n) is 2.26. The van der Waals surface area contributed by atoms with Gasteiger partial charge >= 0.3 is 0 Å². The van der Waals surface area contributed by atoms with Crippen molar-refractivity contribution in [1.29, 1.82) is 0 Å². The van der Waals surface area contributed by atoms with E-state index in [1.807, 2.05) is 13.8 Å². The van der Waals surface area contributed by atoms with Crippen LogP contribution in [0.4, 0.5) is 8.78 Å². The van der Waals surface area contributed by atoms with Gasteiger partial charge < -0.3 is 4.79 Å². The number of carbonyl (C=O) groups excluding carboxylic acids is 1. The molecule has 13 heavy (non-hydrogen) atoms. The van der Waals surface area contributed by atoms with Crippen molar-refractivity contribution in [1.82, 2.24) is 0 Å². The van der Waals surface area contributed by atoms with E-state index in [2.05, 4.69) is 0 Å². The molecule has 0 aromatic rings. The van der Waals surface area contributed by atoms with E-state index in [1.54, 1.807) is 0 Å². The Kier molecular flexibility index (Phi) is 2.74. The fourth-order valence-corrected chi connectivity index (χ4v) is 2.26. The summed E-state index contributed by atoms with van der Waals surface area (Å²) in [6.45, 7) is 3.92. The van der Waals surface area contributed by atoms with E-state index in [0.717, 1.165) is 6.29 Å². The van der Waals surface area contributed by atoms with Gasteiger partial charge in [-0.25, -0.2) is 8.78 Å². The lowest BCUT2D eigenvalue weighted by molar-refractivity contribution is -0.118. The molecular formula is C10H16F2O. The zero-order chi connectivity index (χ0) is 10.1. The molecule has 0 bridgehead atoms. The van der Waals surface area contributed by atoms with Gasteiger partial charge in [-0.15, -0.1) is 0 Å². The summed E-state index contributed by atoms with van der Waals surface area (Å²) in [6.07, 6.45) is 1.31. The predicted molar refractivity (Wildman–Crippen MR) is 46.8 cm³/mol. The molecule has 1 saturated carbocycles. The molecule has 0 aliphatic heterocycles. The van der Waals surface area contributed by atoms with E-state index in [1.165, 1.54) is 0 Å². The van der Waals surface area contributed by atoms with Crippen LogP contribution in [0, 0.1) is 11.3 Å². The first-order chi connectivity index (χ1) is 5.89. The van der Waals surface area contributed by atoms with Crippen LogP contribution in [0.2, 0.25) is 0 Å². The summed E-state index contributed by atoms with van der Waals surface area (Å²) in [5.74, 6) is -2.31. The van der Waals surface area contributed by atoms with E-state index in [0.29, 0.717) is 18.8 Å². The maximum Gasteiger partial charge on any atom is 0.249 e. The van der Waals surface area contributed by atoms with Crippen molar-refractivity contribution in [2.24, 2.45) is 11.3 Å². The van der Waals surface area contributed by atoms with Crippen LogP contribution in [0.25, 0.3) is 0 Å². The molecule has 0 heterocycles. The third-order valence-corrected chi connectivity index (χ3v) is 2.66. The van der Waals surface area contributed by atoms with Gasteiger partial charge in [0.25, 0.3) is 0 Å². The Morgan fingerprint density at radius 1 is 1.38 bits per heavy atom. The van der Waals surface area contributed by atoms with E-state index in [9.17, 15) is 13.6 Å². The lowest BCUT2D eigenvalue weighted by Crippen LogP contribution is -2.23. The van der Waals surface area contributed by atoms with Gasteiger partial charge in [-0.3, -0.25) is 0 Å². The van der Waals surface area contributed by atoms with Crippen LogP contribution in [0.1, 0.15) is 39.5 Å². The number of hydrogen-bond donors (Lipinski definition) is 0. The molecule has 3 heteroatoms. The molecule has 1 aliphatic rings. The van der Waals surface area contributed by atoms with Gasteiger partial charge in [0.15, 0.2) is 0 Å². The van der Waals surface area contributed by atoms with Crippen LogP contribution in [0.5, 0.6) is 0 Å². The zero-order valence-corrected chi connectivity index (χ0v) is 8.15. The molecular weight excluding hydrogens is 174 g/mol. The molecule has 1 rings (SSSR count). The Labute approximate surface area is 77.5 Å². The summed E-state index contributed by atoms with van der Waals surface area (Å²) in [5.41, 5.74) is -0.738. The number of aldehydes is 1. The first kappa shape index (κ1) is 10.6. The number of hydrogen-bond acceptors (Lipinski definition) is 1. The molecule has 0 spiro atoms. The number of carbonyl (C=O) groups is 1. The lowest BCUT2D eigenvalue weighted by atomic mass is 9.80. The lowest BCUT2D eigenvalue weighted by Gasteiger charge is -2.23. The molecule has 1 nitrogen and oxygen atoms in total. The minimum absolute atomic E-state index is 0.127. The monoisotopic (exact) mass is 190 g/mol. The van der Waals surface area contributed by atoms with Crippen molar-refractivity contribution < 1.29 is 13.6 Å². The third kappa shape index (κ3) is 2.48. The van der Waals surface area contributed by atoms with E-state index in [4.69, 9.17) is 0 Å². The maximum atomic E-state index is 12.9. The van der Waals surface area contributed by atoms with Gasteiger partial charge in [-0.05, 0) is 18.8 Å². The van der Waals surface area contributed by atoms with Crippen LogP contribution < -0.4 is 0 Å². The third-order valence-electron chi connectivity index (χ3n) is 2.66. The second-order valence-corrected chi connectivity index (χ2v) is 4.61. The molecule has 0 amide bonds.